The highest BCUT2D eigenvalue weighted by Gasteiger charge is 2.22. The van der Waals surface area contributed by atoms with Crippen molar-refractivity contribution in [2.75, 3.05) is 13.1 Å². The standard InChI is InChI=1S/C13H14ClNO2/c1-9-2-3-10(14)8-12(9)13(17)15-6-4-11(16)5-7-15/h2-3,8H,4-7H2,1H3. The number of likely N-dealkylation sites (tertiary alicyclic amines) is 1. The second kappa shape index (κ2) is 4.88. The van der Waals surface area contributed by atoms with E-state index in [0.717, 1.165) is 5.56 Å². The highest BCUT2D eigenvalue weighted by Crippen LogP contribution is 2.18. The Hall–Kier alpha value is -1.35. The molecule has 4 heteroatoms. The third-order valence-corrected chi connectivity index (χ3v) is 3.27. The molecule has 0 atom stereocenters. The van der Waals surface area contributed by atoms with Crippen molar-refractivity contribution in [3.8, 4) is 0 Å². The Bertz CT molecular complexity index is 460. The summed E-state index contributed by atoms with van der Waals surface area (Å²) in [5, 5.41) is 0.562. The highest BCUT2D eigenvalue weighted by atomic mass is 35.5. The van der Waals surface area contributed by atoms with Gasteiger partial charge in [0.05, 0.1) is 0 Å². The lowest BCUT2D eigenvalue weighted by Gasteiger charge is -2.26. The fourth-order valence-electron chi connectivity index (χ4n) is 1.95. The molecule has 1 aromatic rings. The fourth-order valence-corrected chi connectivity index (χ4v) is 2.13. The van der Waals surface area contributed by atoms with Crippen LogP contribution in [0.25, 0.3) is 0 Å². The zero-order valence-corrected chi connectivity index (χ0v) is 10.5. The summed E-state index contributed by atoms with van der Waals surface area (Å²) in [6.45, 7) is 2.92. The van der Waals surface area contributed by atoms with Gasteiger partial charge in [-0.15, -0.1) is 0 Å². The van der Waals surface area contributed by atoms with Crippen LogP contribution in [0.15, 0.2) is 18.2 Å². The fraction of sp³-hybridized carbons (Fsp3) is 0.385. The van der Waals surface area contributed by atoms with E-state index in [9.17, 15) is 9.59 Å². The van der Waals surface area contributed by atoms with Crippen molar-refractivity contribution in [3.63, 3.8) is 0 Å². The van der Waals surface area contributed by atoms with Crippen LogP contribution < -0.4 is 0 Å². The summed E-state index contributed by atoms with van der Waals surface area (Å²) in [5.41, 5.74) is 1.54. The first-order valence-corrected chi connectivity index (χ1v) is 6.03. The van der Waals surface area contributed by atoms with Crippen LogP contribution >= 0.6 is 11.6 Å². The normalized spacial score (nSPS) is 16.1. The van der Waals surface area contributed by atoms with E-state index >= 15 is 0 Å². The third kappa shape index (κ3) is 2.67. The van der Waals surface area contributed by atoms with Gasteiger partial charge in [-0.2, -0.15) is 0 Å². The van der Waals surface area contributed by atoms with E-state index in [1.807, 2.05) is 13.0 Å². The van der Waals surface area contributed by atoms with Gasteiger partial charge in [0.1, 0.15) is 5.78 Å². The minimum Gasteiger partial charge on any atom is -0.338 e. The maximum Gasteiger partial charge on any atom is 0.254 e. The number of Topliss-reactive ketones (excluding diaryl/α,β-unsaturated/α-hetero) is 1. The van der Waals surface area contributed by atoms with Gasteiger partial charge in [0, 0.05) is 36.5 Å². The van der Waals surface area contributed by atoms with Gasteiger partial charge in [0.15, 0.2) is 0 Å². The van der Waals surface area contributed by atoms with E-state index in [4.69, 9.17) is 11.6 Å². The van der Waals surface area contributed by atoms with Gasteiger partial charge >= 0.3 is 0 Å². The lowest BCUT2D eigenvalue weighted by molar-refractivity contribution is -0.120. The first-order chi connectivity index (χ1) is 8.08. The molecule has 1 aliphatic rings. The third-order valence-electron chi connectivity index (χ3n) is 3.04. The number of ketones is 1. The summed E-state index contributed by atoms with van der Waals surface area (Å²) < 4.78 is 0. The molecule has 0 spiro atoms. The van der Waals surface area contributed by atoms with E-state index in [1.165, 1.54) is 0 Å². The maximum absolute atomic E-state index is 12.2. The second-order valence-electron chi connectivity index (χ2n) is 4.29. The van der Waals surface area contributed by atoms with Crippen LogP contribution in [0.2, 0.25) is 5.02 Å². The average Bonchev–Trinajstić information content (AvgIpc) is 2.32. The SMILES string of the molecule is Cc1ccc(Cl)cc1C(=O)N1CCC(=O)CC1. The zero-order valence-electron chi connectivity index (χ0n) is 9.70. The number of rotatable bonds is 1. The van der Waals surface area contributed by atoms with Crippen molar-refractivity contribution in [1.29, 1.82) is 0 Å². The van der Waals surface area contributed by atoms with E-state index in [-0.39, 0.29) is 11.7 Å². The lowest BCUT2D eigenvalue weighted by Crippen LogP contribution is -2.38. The molecule has 1 saturated heterocycles. The molecule has 0 unspecified atom stereocenters. The number of carbonyl (C=O) groups is 2. The Labute approximate surface area is 105 Å². The van der Waals surface area contributed by atoms with Gasteiger partial charge < -0.3 is 4.90 Å². The molecule has 0 radical (unpaired) electrons. The molecule has 2 rings (SSSR count). The van der Waals surface area contributed by atoms with Crippen molar-refractivity contribution in [2.45, 2.75) is 19.8 Å². The summed E-state index contributed by atoms with van der Waals surface area (Å²) in [5.74, 6) is 0.203. The maximum atomic E-state index is 12.2. The molecule has 3 nitrogen and oxygen atoms in total. The van der Waals surface area contributed by atoms with Gasteiger partial charge in [0.25, 0.3) is 5.91 Å². The van der Waals surface area contributed by atoms with Crippen LogP contribution in [0.4, 0.5) is 0 Å². The number of amides is 1. The highest BCUT2D eigenvalue weighted by molar-refractivity contribution is 6.31. The lowest BCUT2D eigenvalue weighted by atomic mass is 10.0. The van der Waals surface area contributed by atoms with Crippen LogP contribution in [-0.4, -0.2) is 29.7 Å². The number of hydrogen-bond donors (Lipinski definition) is 0. The predicted octanol–water partition coefficient (Wildman–Crippen LogP) is 2.45. The van der Waals surface area contributed by atoms with Crippen molar-refractivity contribution in [1.82, 2.24) is 4.90 Å². The molecule has 17 heavy (non-hydrogen) atoms. The molecule has 0 saturated carbocycles. The number of benzene rings is 1. The quantitative estimate of drug-likeness (QED) is 0.769. The Morgan fingerprint density at radius 1 is 1.29 bits per heavy atom. The first-order valence-electron chi connectivity index (χ1n) is 5.65. The second-order valence-corrected chi connectivity index (χ2v) is 4.73. The van der Waals surface area contributed by atoms with Gasteiger partial charge in [-0.3, -0.25) is 9.59 Å². The molecule has 0 N–H and O–H groups in total. The van der Waals surface area contributed by atoms with Crippen molar-refractivity contribution >= 4 is 23.3 Å². The molecule has 1 aromatic carbocycles. The number of piperidine rings is 1. The molecule has 1 fully saturated rings. The first kappa shape index (κ1) is 12.1. The average molecular weight is 252 g/mol. The molecule has 1 heterocycles. The molecule has 90 valence electrons. The summed E-state index contributed by atoms with van der Waals surface area (Å²) in [7, 11) is 0. The van der Waals surface area contributed by atoms with E-state index in [0.29, 0.717) is 36.5 Å². The molecule has 0 aromatic heterocycles. The summed E-state index contributed by atoms with van der Waals surface area (Å²) in [6, 6.07) is 5.30. The van der Waals surface area contributed by atoms with Gasteiger partial charge in [-0.25, -0.2) is 0 Å². The molecular formula is C13H14ClNO2. The molecule has 0 bridgehead atoms. The van der Waals surface area contributed by atoms with Crippen LogP contribution in [-0.2, 0) is 4.79 Å². The summed E-state index contributed by atoms with van der Waals surface area (Å²) in [6.07, 6.45) is 0.927. The summed E-state index contributed by atoms with van der Waals surface area (Å²) in [4.78, 5) is 25.1. The molecular weight excluding hydrogens is 238 g/mol. The Kier molecular flexibility index (Phi) is 3.48. The van der Waals surface area contributed by atoms with Crippen molar-refractivity contribution in [3.05, 3.63) is 34.3 Å². The number of carbonyl (C=O) groups excluding carboxylic acids is 2. The van der Waals surface area contributed by atoms with Gasteiger partial charge in [-0.05, 0) is 24.6 Å². The minimum atomic E-state index is -0.0301. The van der Waals surface area contributed by atoms with Crippen LogP contribution in [0.1, 0.15) is 28.8 Å². The van der Waals surface area contributed by atoms with Gasteiger partial charge in [0.2, 0.25) is 0 Å². The molecule has 1 amide bonds. The Morgan fingerprint density at radius 3 is 2.59 bits per heavy atom. The predicted molar refractivity (Wildman–Crippen MR) is 66.3 cm³/mol. The van der Waals surface area contributed by atoms with Crippen LogP contribution in [0.5, 0.6) is 0 Å². The van der Waals surface area contributed by atoms with Crippen LogP contribution in [0.3, 0.4) is 0 Å². The van der Waals surface area contributed by atoms with Crippen molar-refractivity contribution in [2.24, 2.45) is 0 Å². The van der Waals surface area contributed by atoms with E-state index in [2.05, 4.69) is 0 Å². The number of halogens is 1. The minimum absolute atomic E-state index is 0.0301. The largest absolute Gasteiger partial charge is 0.338 e. The zero-order chi connectivity index (χ0) is 12.4. The van der Waals surface area contributed by atoms with Crippen LogP contribution in [0, 0.1) is 6.92 Å². The Morgan fingerprint density at radius 2 is 1.94 bits per heavy atom. The molecule has 0 aliphatic carbocycles. The number of hydrogen-bond acceptors (Lipinski definition) is 2. The monoisotopic (exact) mass is 251 g/mol. The van der Waals surface area contributed by atoms with Crippen molar-refractivity contribution < 1.29 is 9.59 Å². The van der Waals surface area contributed by atoms with Gasteiger partial charge in [-0.1, -0.05) is 17.7 Å². The van der Waals surface area contributed by atoms with E-state index in [1.54, 1.807) is 17.0 Å². The summed E-state index contributed by atoms with van der Waals surface area (Å²) >= 11 is 5.90. The topological polar surface area (TPSA) is 37.4 Å². The smallest absolute Gasteiger partial charge is 0.254 e. The number of aryl methyl sites for hydroxylation is 1. The van der Waals surface area contributed by atoms with E-state index < -0.39 is 0 Å². The Balaban J connectivity index is 2.19. The molecule has 1 aliphatic heterocycles. The number of nitrogens with zero attached hydrogens (tertiary/aromatic N) is 1.